The van der Waals surface area contributed by atoms with Crippen molar-refractivity contribution < 1.29 is 49.0 Å². The maximum Gasteiger partial charge on any atom is 0.422 e. The Morgan fingerprint density at radius 2 is 1.35 bits per heavy atom. The number of allylic oxidation sites excluding steroid dienone is 2. The molecule has 0 radical (unpaired) electrons. The molecular formula is C29H21F9O2. The molecule has 1 aliphatic rings. The van der Waals surface area contributed by atoms with Crippen molar-refractivity contribution in [3.63, 3.8) is 0 Å². The first-order chi connectivity index (χ1) is 18.9. The number of aryl methyl sites for hydroxylation is 1. The summed E-state index contributed by atoms with van der Waals surface area (Å²) < 4.78 is 134. The minimum absolute atomic E-state index is 0.0244. The normalized spacial score (nSPS) is 18.4. The molecule has 40 heavy (non-hydrogen) atoms. The Kier molecular flexibility index (Phi) is 8.74. The van der Waals surface area contributed by atoms with Crippen LogP contribution in [0.15, 0.2) is 67.0 Å². The van der Waals surface area contributed by atoms with Crippen LogP contribution in [0.2, 0.25) is 0 Å². The smallest absolute Gasteiger partial charge is 0.348 e. The second-order valence-electron chi connectivity index (χ2n) is 9.08. The van der Waals surface area contributed by atoms with E-state index in [-0.39, 0.29) is 48.7 Å². The van der Waals surface area contributed by atoms with E-state index in [0.29, 0.717) is 17.7 Å². The van der Waals surface area contributed by atoms with E-state index in [0.717, 1.165) is 18.2 Å². The van der Waals surface area contributed by atoms with Gasteiger partial charge >= 0.3 is 6.18 Å². The van der Waals surface area contributed by atoms with E-state index in [2.05, 4.69) is 6.58 Å². The molecule has 1 fully saturated rings. The van der Waals surface area contributed by atoms with Gasteiger partial charge in [-0.1, -0.05) is 30.8 Å². The van der Waals surface area contributed by atoms with Gasteiger partial charge in [-0.3, -0.25) is 0 Å². The third-order valence-corrected chi connectivity index (χ3v) is 6.41. The van der Waals surface area contributed by atoms with Crippen molar-refractivity contribution in [3.05, 3.63) is 124 Å². The molecule has 1 heterocycles. The van der Waals surface area contributed by atoms with Gasteiger partial charge in [0.15, 0.2) is 17.9 Å². The summed E-state index contributed by atoms with van der Waals surface area (Å²) in [7, 11) is 0. The Labute approximate surface area is 223 Å². The number of alkyl halides is 3. The summed E-state index contributed by atoms with van der Waals surface area (Å²) in [4.78, 5) is 0. The predicted molar refractivity (Wildman–Crippen MR) is 128 cm³/mol. The molecule has 0 aromatic heterocycles. The predicted octanol–water partition coefficient (Wildman–Crippen LogP) is 8.67. The van der Waals surface area contributed by atoms with E-state index in [1.165, 1.54) is 12.1 Å². The summed E-state index contributed by atoms with van der Waals surface area (Å²) in [5, 5.41) is 0. The van der Waals surface area contributed by atoms with Crippen LogP contribution < -0.4 is 0 Å². The molecule has 0 bridgehead atoms. The summed E-state index contributed by atoms with van der Waals surface area (Å²) in [5.41, 5.74) is -1.89. The highest BCUT2D eigenvalue weighted by Gasteiger charge is 2.38. The average Bonchev–Trinajstić information content (AvgIpc) is 2.90. The summed E-state index contributed by atoms with van der Waals surface area (Å²) in [6.45, 7) is 3.37. The number of benzene rings is 3. The van der Waals surface area contributed by atoms with E-state index in [9.17, 15) is 39.5 Å². The third-order valence-electron chi connectivity index (χ3n) is 6.41. The summed E-state index contributed by atoms with van der Waals surface area (Å²) >= 11 is 0. The highest BCUT2D eigenvalue weighted by Crippen LogP contribution is 2.35. The molecule has 0 amide bonds. The number of hydrogen-bond donors (Lipinski definition) is 0. The molecule has 2 nitrogen and oxygen atoms in total. The third kappa shape index (κ3) is 6.42. The number of halogens is 9. The van der Waals surface area contributed by atoms with Gasteiger partial charge in [0.25, 0.3) is 0 Å². The molecule has 0 N–H and O–H groups in total. The zero-order valence-corrected chi connectivity index (χ0v) is 20.6. The van der Waals surface area contributed by atoms with Crippen LogP contribution in [-0.2, 0) is 28.5 Å². The number of hydrogen-bond acceptors (Lipinski definition) is 2. The molecule has 1 aliphatic heterocycles. The first-order valence-electron chi connectivity index (χ1n) is 11.9. The van der Waals surface area contributed by atoms with Gasteiger partial charge in [-0.15, -0.1) is 0 Å². The maximum atomic E-state index is 14.8. The van der Waals surface area contributed by atoms with Gasteiger partial charge < -0.3 is 9.47 Å². The lowest BCUT2D eigenvalue weighted by Crippen LogP contribution is -2.26. The summed E-state index contributed by atoms with van der Waals surface area (Å²) in [6, 6.07) is 8.85. The Hall–Kier alpha value is -3.57. The van der Waals surface area contributed by atoms with Crippen molar-refractivity contribution in [2.45, 2.75) is 31.2 Å². The minimum atomic E-state index is -5.22. The monoisotopic (exact) mass is 572 g/mol. The fourth-order valence-electron chi connectivity index (χ4n) is 4.32. The second-order valence-corrected chi connectivity index (χ2v) is 9.08. The Bertz CT molecular complexity index is 1370. The van der Waals surface area contributed by atoms with Crippen LogP contribution in [0.5, 0.6) is 0 Å². The first-order valence-corrected chi connectivity index (χ1v) is 11.9. The minimum Gasteiger partial charge on any atom is -0.348 e. The molecule has 4 rings (SSSR count). The first kappa shape index (κ1) is 29.4. The molecule has 212 valence electrons. The maximum absolute atomic E-state index is 14.8. The van der Waals surface area contributed by atoms with Gasteiger partial charge in [0.05, 0.1) is 13.2 Å². The molecule has 0 spiro atoms. The van der Waals surface area contributed by atoms with Crippen LogP contribution in [-0.4, -0.2) is 13.2 Å². The zero-order chi connectivity index (χ0) is 29.2. The SMILES string of the molecule is C=C/C(F)=C(\F)c1ccc(C2COC(c3cc(F)c(CCc4cc(F)c(C(F)(F)F)c(F)c4)c(F)c3)OC2)cc1. The standard InChI is InChI=1S/C29H21F9O2/c1-2-21(30)27(35)17-6-4-16(5-7-17)19-13-39-28(40-14-19)18-11-22(31)20(23(32)12-18)8-3-15-9-24(33)26(25(34)10-15)29(36,37)38/h2,4-7,9-12,19,28H,1,3,8,13-14H2/b27-21+. The highest BCUT2D eigenvalue weighted by atomic mass is 19.4. The van der Waals surface area contributed by atoms with Crippen molar-refractivity contribution in [2.24, 2.45) is 0 Å². The van der Waals surface area contributed by atoms with Gasteiger partial charge in [0.2, 0.25) is 0 Å². The topological polar surface area (TPSA) is 18.5 Å². The van der Waals surface area contributed by atoms with Crippen LogP contribution in [0.25, 0.3) is 5.83 Å². The van der Waals surface area contributed by atoms with Crippen molar-refractivity contribution in [3.8, 4) is 0 Å². The Morgan fingerprint density at radius 1 is 0.800 bits per heavy atom. The molecule has 0 atom stereocenters. The van der Waals surface area contributed by atoms with Gasteiger partial charge in [-0.05, 0) is 54.3 Å². The lowest BCUT2D eigenvalue weighted by atomic mass is 9.98. The molecule has 0 unspecified atom stereocenters. The largest absolute Gasteiger partial charge is 0.422 e. The van der Waals surface area contributed by atoms with E-state index in [1.807, 2.05) is 0 Å². The lowest BCUT2D eigenvalue weighted by molar-refractivity contribution is -0.192. The van der Waals surface area contributed by atoms with Gasteiger partial charge in [-0.2, -0.15) is 13.2 Å². The quantitative estimate of drug-likeness (QED) is 0.208. The number of ether oxygens (including phenoxy) is 2. The van der Waals surface area contributed by atoms with Crippen LogP contribution in [0.4, 0.5) is 39.5 Å². The van der Waals surface area contributed by atoms with Gasteiger partial charge in [0.1, 0.15) is 28.8 Å². The van der Waals surface area contributed by atoms with Gasteiger partial charge in [0, 0.05) is 22.6 Å². The van der Waals surface area contributed by atoms with Crippen LogP contribution in [0, 0.1) is 23.3 Å². The lowest BCUT2D eigenvalue weighted by Gasteiger charge is -2.30. The van der Waals surface area contributed by atoms with E-state index in [4.69, 9.17) is 9.47 Å². The summed E-state index contributed by atoms with van der Waals surface area (Å²) in [6.07, 6.45) is -6.27. The molecule has 3 aromatic carbocycles. The molecule has 3 aromatic rings. The number of rotatable bonds is 7. The molecule has 1 saturated heterocycles. The van der Waals surface area contributed by atoms with Crippen molar-refractivity contribution in [1.82, 2.24) is 0 Å². The average molecular weight is 572 g/mol. The molecular weight excluding hydrogens is 551 g/mol. The zero-order valence-electron chi connectivity index (χ0n) is 20.6. The second kappa shape index (κ2) is 11.9. The van der Waals surface area contributed by atoms with Crippen LogP contribution in [0.3, 0.4) is 0 Å². The van der Waals surface area contributed by atoms with E-state index < -0.39 is 58.5 Å². The fourth-order valence-corrected chi connectivity index (χ4v) is 4.32. The van der Waals surface area contributed by atoms with E-state index in [1.54, 1.807) is 12.1 Å². The van der Waals surface area contributed by atoms with Gasteiger partial charge in [-0.25, -0.2) is 26.3 Å². The van der Waals surface area contributed by atoms with E-state index >= 15 is 0 Å². The summed E-state index contributed by atoms with van der Waals surface area (Å²) in [5.74, 6) is -8.04. The van der Waals surface area contributed by atoms with Crippen LogP contribution in [0.1, 0.15) is 45.6 Å². The molecule has 0 aliphatic carbocycles. The molecule has 0 saturated carbocycles. The Morgan fingerprint density at radius 3 is 1.85 bits per heavy atom. The van der Waals surface area contributed by atoms with Crippen LogP contribution >= 0.6 is 0 Å². The van der Waals surface area contributed by atoms with Crippen molar-refractivity contribution >= 4 is 5.83 Å². The highest BCUT2D eigenvalue weighted by molar-refractivity contribution is 5.63. The van der Waals surface area contributed by atoms with Crippen molar-refractivity contribution in [2.75, 3.05) is 13.2 Å². The Balaban J connectivity index is 1.40. The fraction of sp³-hybridized carbons (Fsp3) is 0.241. The van der Waals surface area contributed by atoms with Crippen molar-refractivity contribution in [1.29, 1.82) is 0 Å². The molecule has 11 heteroatoms.